The molecule has 27 heavy (non-hydrogen) atoms. The van der Waals surface area contributed by atoms with Gasteiger partial charge in [-0.2, -0.15) is 0 Å². The van der Waals surface area contributed by atoms with Crippen LogP contribution >= 0.6 is 0 Å². The molecule has 4 N–H and O–H groups in total. The molecule has 0 aliphatic heterocycles. The van der Waals surface area contributed by atoms with Crippen LogP contribution < -0.4 is 5.48 Å². The smallest absolute Gasteiger partial charge is 0.160 e. The summed E-state index contributed by atoms with van der Waals surface area (Å²) in [6.07, 6.45) is 0. The average molecular weight is 362 g/mol. The fourth-order valence-electron chi connectivity index (χ4n) is 3.21. The summed E-state index contributed by atoms with van der Waals surface area (Å²) < 4.78 is 5.32. The van der Waals surface area contributed by atoms with Crippen molar-refractivity contribution in [2.24, 2.45) is 4.99 Å². The Morgan fingerprint density at radius 2 is 1.85 bits per heavy atom. The number of rotatable bonds is 3. The van der Waals surface area contributed by atoms with E-state index in [-0.39, 0.29) is 11.6 Å². The lowest BCUT2D eigenvalue weighted by Gasteiger charge is -2.08. The van der Waals surface area contributed by atoms with Crippen molar-refractivity contribution < 1.29 is 14.8 Å². The lowest BCUT2D eigenvalue weighted by molar-refractivity contribution is 0.235. The Morgan fingerprint density at radius 1 is 1.11 bits per heavy atom. The van der Waals surface area contributed by atoms with Crippen LogP contribution in [0.3, 0.4) is 0 Å². The van der Waals surface area contributed by atoms with Crippen molar-refractivity contribution in [3.8, 4) is 17.0 Å². The third kappa shape index (κ3) is 2.94. The van der Waals surface area contributed by atoms with Gasteiger partial charge in [-0.1, -0.05) is 23.4 Å². The van der Waals surface area contributed by atoms with E-state index in [0.717, 1.165) is 27.9 Å². The highest BCUT2D eigenvalue weighted by Gasteiger charge is 2.23. The molecule has 0 unspecified atom stereocenters. The molecule has 0 saturated carbocycles. The number of aromatic hydroxyl groups is 1. The summed E-state index contributed by atoms with van der Waals surface area (Å²) in [5, 5.41) is 24.3. The van der Waals surface area contributed by atoms with Crippen molar-refractivity contribution in [1.29, 1.82) is 0 Å². The molecule has 136 valence electrons. The zero-order valence-electron chi connectivity index (χ0n) is 14.8. The minimum absolute atomic E-state index is 0.149. The number of H-pyrrole nitrogens is 1. The van der Waals surface area contributed by atoms with Crippen LogP contribution in [0, 0.1) is 13.8 Å². The monoisotopic (exact) mass is 362 g/mol. The third-order valence-electron chi connectivity index (χ3n) is 4.42. The normalized spacial score (nSPS) is 11.9. The van der Waals surface area contributed by atoms with Gasteiger partial charge in [-0.3, -0.25) is 10.7 Å². The molecule has 0 atom stereocenters. The Kier molecular flexibility index (Phi) is 4.13. The summed E-state index contributed by atoms with van der Waals surface area (Å²) in [6.45, 7) is 3.71. The van der Waals surface area contributed by atoms with Gasteiger partial charge in [0.15, 0.2) is 5.84 Å². The Balaban J connectivity index is 1.99. The predicted molar refractivity (Wildman–Crippen MR) is 102 cm³/mol. The largest absolute Gasteiger partial charge is 0.508 e. The van der Waals surface area contributed by atoms with E-state index in [1.807, 2.05) is 38.1 Å². The average Bonchev–Trinajstić information content (AvgIpc) is 3.20. The number of hydroxylamine groups is 1. The van der Waals surface area contributed by atoms with Crippen molar-refractivity contribution in [1.82, 2.24) is 15.6 Å². The van der Waals surface area contributed by atoms with Crippen molar-refractivity contribution >= 4 is 22.4 Å². The lowest BCUT2D eigenvalue weighted by atomic mass is 10.0. The van der Waals surface area contributed by atoms with Gasteiger partial charge in [-0.05, 0) is 44.2 Å². The highest BCUT2D eigenvalue weighted by Crippen LogP contribution is 2.34. The zero-order valence-corrected chi connectivity index (χ0v) is 14.8. The Morgan fingerprint density at radius 3 is 2.52 bits per heavy atom. The van der Waals surface area contributed by atoms with Gasteiger partial charge in [0.25, 0.3) is 0 Å². The number of hydrogen-bond acceptors (Lipinski definition) is 5. The molecule has 0 amide bonds. The summed E-state index contributed by atoms with van der Waals surface area (Å²) in [5.74, 6) is 1.09. The molecule has 0 bridgehead atoms. The SMILES string of the molecule is Cc1noc(C)c1-c1[nH]c2ccccc2c1C(=Nc1ccc(O)cc1)NO. The van der Waals surface area contributed by atoms with Gasteiger partial charge >= 0.3 is 0 Å². The van der Waals surface area contributed by atoms with Gasteiger partial charge in [0.1, 0.15) is 11.5 Å². The van der Waals surface area contributed by atoms with Crippen LogP contribution in [0.2, 0.25) is 0 Å². The first-order valence-electron chi connectivity index (χ1n) is 8.40. The summed E-state index contributed by atoms with van der Waals surface area (Å²) in [7, 11) is 0. The number of para-hydroxylation sites is 1. The van der Waals surface area contributed by atoms with Gasteiger partial charge in [-0.25, -0.2) is 4.99 Å². The number of nitrogens with one attached hydrogen (secondary N) is 2. The van der Waals surface area contributed by atoms with Crippen LogP contribution in [0.5, 0.6) is 5.75 Å². The second-order valence-corrected chi connectivity index (χ2v) is 6.21. The Bertz CT molecular complexity index is 1120. The highest BCUT2D eigenvalue weighted by atomic mass is 16.5. The quantitative estimate of drug-likeness (QED) is 0.248. The molecule has 4 aromatic rings. The highest BCUT2D eigenvalue weighted by molar-refractivity contribution is 6.15. The second-order valence-electron chi connectivity index (χ2n) is 6.21. The van der Waals surface area contributed by atoms with Gasteiger partial charge in [0.05, 0.1) is 28.2 Å². The van der Waals surface area contributed by atoms with E-state index in [2.05, 4.69) is 20.6 Å². The van der Waals surface area contributed by atoms with Crippen LogP contribution in [-0.4, -0.2) is 26.3 Å². The molecule has 0 saturated heterocycles. The van der Waals surface area contributed by atoms with E-state index in [9.17, 15) is 10.3 Å². The van der Waals surface area contributed by atoms with E-state index in [4.69, 9.17) is 4.52 Å². The molecule has 7 nitrogen and oxygen atoms in total. The standard InChI is InChI=1S/C20H18N4O3/c1-11-17(12(2)27-24-11)19-18(15-5-3-4-6-16(15)22-19)20(23-26)21-13-7-9-14(25)10-8-13/h3-10,22,25-26H,1-2H3,(H,21,23). The van der Waals surface area contributed by atoms with Gasteiger partial charge in [-0.15, -0.1) is 0 Å². The number of hydrogen-bond donors (Lipinski definition) is 4. The van der Waals surface area contributed by atoms with E-state index in [1.165, 1.54) is 12.1 Å². The first-order valence-corrected chi connectivity index (χ1v) is 8.40. The molecular weight excluding hydrogens is 344 g/mol. The first-order chi connectivity index (χ1) is 13.1. The molecule has 7 heteroatoms. The number of phenolic OH excluding ortho intramolecular Hbond substituents is 1. The number of aromatic nitrogens is 2. The number of fused-ring (bicyclic) bond motifs is 1. The van der Waals surface area contributed by atoms with Crippen molar-refractivity contribution in [2.75, 3.05) is 0 Å². The number of nitrogens with zero attached hydrogens (tertiary/aromatic N) is 2. The minimum atomic E-state index is 0.149. The van der Waals surface area contributed by atoms with Crippen LogP contribution in [0.15, 0.2) is 58.0 Å². The molecule has 0 aliphatic rings. The second kappa shape index (κ2) is 6.62. The summed E-state index contributed by atoms with van der Waals surface area (Å²) in [4.78, 5) is 7.90. The van der Waals surface area contributed by atoms with Gasteiger partial charge < -0.3 is 14.6 Å². The lowest BCUT2D eigenvalue weighted by Crippen LogP contribution is -2.20. The third-order valence-corrected chi connectivity index (χ3v) is 4.42. The summed E-state index contributed by atoms with van der Waals surface area (Å²) in [5.41, 5.74) is 6.73. The van der Waals surface area contributed by atoms with E-state index < -0.39 is 0 Å². The summed E-state index contributed by atoms with van der Waals surface area (Å²) >= 11 is 0. The van der Waals surface area contributed by atoms with Gasteiger partial charge in [0.2, 0.25) is 0 Å². The van der Waals surface area contributed by atoms with Crippen LogP contribution in [0.4, 0.5) is 5.69 Å². The van der Waals surface area contributed by atoms with E-state index >= 15 is 0 Å². The zero-order chi connectivity index (χ0) is 19.0. The van der Waals surface area contributed by atoms with Crippen LogP contribution in [0.25, 0.3) is 22.2 Å². The van der Waals surface area contributed by atoms with Gasteiger partial charge in [0, 0.05) is 10.9 Å². The molecule has 4 rings (SSSR count). The Hall–Kier alpha value is -3.58. The number of phenols is 1. The number of aromatic amines is 1. The van der Waals surface area contributed by atoms with E-state index in [1.54, 1.807) is 12.1 Å². The molecule has 2 heterocycles. The Labute approximate surface area is 154 Å². The maximum absolute atomic E-state index is 9.85. The predicted octanol–water partition coefficient (Wildman–Crippen LogP) is 4.20. The molecule has 0 fully saturated rings. The molecular formula is C20H18N4O3. The number of benzene rings is 2. The van der Waals surface area contributed by atoms with Crippen molar-refractivity contribution in [2.45, 2.75) is 13.8 Å². The maximum atomic E-state index is 9.85. The van der Waals surface area contributed by atoms with Crippen molar-refractivity contribution in [3.63, 3.8) is 0 Å². The topological polar surface area (TPSA) is 107 Å². The fourth-order valence-corrected chi connectivity index (χ4v) is 3.21. The minimum Gasteiger partial charge on any atom is -0.508 e. The molecule has 2 aromatic carbocycles. The number of aryl methyl sites for hydroxylation is 2. The fraction of sp³-hybridized carbons (Fsp3) is 0.100. The first kappa shape index (κ1) is 16.9. The van der Waals surface area contributed by atoms with Crippen LogP contribution in [0.1, 0.15) is 17.0 Å². The number of aliphatic imine (C=N–C) groups is 1. The summed E-state index contributed by atoms with van der Waals surface area (Å²) in [6, 6.07) is 14.2. The van der Waals surface area contributed by atoms with Crippen molar-refractivity contribution in [3.05, 3.63) is 65.5 Å². The maximum Gasteiger partial charge on any atom is 0.160 e. The number of amidine groups is 1. The molecule has 0 radical (unpaired) electrons. The van der Waals surface area contributed by atoms with Crippen LogP contribution in [-0.2, 0) is 0 Å². The van der Waals surface area contributed by atoms with E-state index in [0.29, 0.717) is 17.0 Å². The molecule has 0 spiro atoms. The molecule has 0 aliphatic carbocycles. The molecule has 2 aromatic heterocycles.